The number of aromatic nitrogens is 5. The first-order chi connectivity index (χ1) is 15.5. The molecule has 164 valence electrons. The highest BCUT2D eigenvalue weighted by Gasteiger charge is 2.22. The van der Waals surface area contributed by atoms with Gasteiger partial charge in [0.2, 0.25) is 5.95 Å². The summed E-state index contributed by atoms with van der Waals surface area (Å²) in [6, 6.07) is 12.3. The Balaban J connectivity index is 1.47. The molecule has 0 radical (unpaired) electrons. The highest BCUT2D eigenvalue weighted by Crippen LogP contribution is 2.25. The zero-order valence-corrected chi connectivity index (χ0v) is 18.5. The lowest BCUT2D eigenvalue weighted by atomic mass is 10.2. The van der Waals surface area contributed by atoms with Gasteiger partial charge < -0.3 is 24.8 Å². The number of imidazole rings is 1. The van der Waals surface area contributed by atoms with Gasteiger partial charge in [0.15, 0.2) is 0 Å². The van der Waals surface area contributed by atoms with Gasteiger partial charge in [-0.15, -0.1) is 0 Å². The van der Waals surface area contributed by atoms with Crippen LogP contribution in [0.3, 0.4) is 0 Å². The summed E-state index contributed by atoms with van der Waals surface area (Å²) < 4.78 is 1.97. The first-order valence-corrected chi connectivity index (χ1v) is 10.8. The zero-order chi connectivity index (χ0) is 22.1. The average Bonchev–Trinajstić information content (AvgIpc) is 3.23. The maximum Gasteiger partial charge on any atom is 0.232 e. The van der Waals surface area contributed by atoms with Crippen molar-refractivity contribution in [3.63, 3.8) is 0 Å². The minimum absolute atomic E-state index is 0.452. The Bertz CT molecular complexity index is 1240. The predicted octanol–water partition coefficient (Wildman–Crippen LogP) is 3.46. The number of nitrogens with one attached hydrogen (secondary N) is 2. The molecule has 1 saturated heterocycles. The molecule has 0 aromatic carbocycles. The normalized spacial score (nSPS) is 17.0. The number of hydrogen-bond donors (Lipinski definition) is 2. The number of likely N-dealkylation sites (N-methyl/N-ethyl adjacent to an activating group) is 1. The van der Waals surface area contributed by atoms with Crippen LogP contribution in [0.15, 0.2) is 55.0 Å². The number of piperazine rings is 1. The first kappa shape index (κ1) is 20.2. The molecule has 1 atom stereocenters. The lowest BCUT2D eigenvalue weighted by Gasteiger charge is -2.38. The van der Waals surface area contributed by atoms with E-state index in [1.165, 1.54) is 0 Å². The van der Waals surface area contributed by atoms with E-state index in [0.29, 0.717) is 17.8 Å². The molecule has 5 heterocycles. The van der Waals surface area contributed by atoms with Gasteiger partial charge in [-0.25, -0.2) is 9.97 Å². The second-order valence-electron chi connectivity index (χ2n) is 8.23. The molecule has 1 fully saturated rings. The average molecular weight is 430 g/mol. The monoisotopic (exact) mass is 429 g/mol. The van der Waals surface area contributed by atoms with Crippen LogP contribution in [0.5, 0.6) is 0 Å². The van der Waals surface area contributed by atoms with Crippen molar-refractivity contribution in [1.29, 1.82) is 0 Å². The fraction of sp³-hybridized carbons (Fsp3) is 0.304. The fourth-order valence-electron chi connectivity index (χ4n) is 3.84. The summed E-state index contributed by atoms with van der Waals surface area (Å²) in [6.45, 7) is 7.02. The molecule has 0 unspecified atom stereocenters. The van der Waals surface area contributed by atoms with E-state index in [1.807, 2.05) is 60.1 Å². The highest BCUT2D eigenvalue weighted by molar-refractivity contribution is 5.65. The molecule has 4 aromatic rings. The number of nitrogens with zero attached hydrogens (tertiary/aromatic N) is 7. The van der Waals surface area contributed by atoms with E-state index < -0.39 is 0 Å². The van der Waals surface area contributed by atoms with Crippen molar-refractivity contribution in [2.24, 2.45) is 0 Å². The van der Waals surface area contributed by atoms with E-state index in [0.717, 1.165) is 48.3 Å². The SMILES string of the molecule is Cc1cccc(Nc2nc(Nc3ccn4ccnc4c3)cc(N3CCN(C)[C@@H](C)C3)n2)n1. The van der Waals surface area contributed by atoms with E-state index in [2.05, 4.69) is 44.4 Å². The molecule has 32 heavy (non-hydrogen) atoms. The van der Waals surface area contributed by atoms with E-state index in [-0.39, 0.29) is 0 Å². The summed E-state index contributed by atoms with van der Waals surface area (Å²) in [6.07, 6.45) is 5.69. The minimum atomic E-state index is 0.452. The van der Waals surface area contributed by atoms with Crippen LogP contribution in [-0.2, 0) is 0 Å². The minimum Gasteiger partial charge on any atom is -0.354 e. The third-order valence-electron chi connectivity index (χ3n) is 5.79. The van der Waals surface area contributed by atoms with Crippen LogP contribution in [0.4, 0.5) is 29.1 Å². The quantitative estimate of drug-likeness (QED) is 0.499. The lowest BCUT2D eigenvalue weighted by Crippen LogP contribution is -2.50. The van der Waals surface area contributed by atoms with E-state index in [4.69, 9.17) is 9.97 Å². The van der Waals surface area contributed by atoms with E-state index in [9.17, 15) is 0 Å². The van der Waals surface area contributed by atoms with Crippen LogP contribution in [-0.4, -0.2) is 62.0 Å². The third kappa shape index (κ3) is 4.33. The number of aryl methyl sites for hydroxylation is 1. The van der Waals surface area contributed by atoms with Gasteiger partial charge in [0.1, 0.15) is 23.1 Å². The molecule has 4 aromatic heterocycles. The number of fused-ring (bicyclic) bond motifs is 1. The molecule has 2 N–H and O–H groups in total. The van der Waals surface area contributed by atoms with Crippen molar-refractivity contribution in [3.8, 4) is 0 Å². The van der Waals surface area contributed by atoms with Crippen LogP contribution < -0.4 is 15.5 Å². The second-order valence-corrected chi connectivity index (χ2v) is 8.23. The Labute approximate surface area is 187 Å². The molecular weight excluding hydrogens is 402 g/mol. The number of hydrogen-bond acceptors (Lipinski definition) is 8. The van der Waals surface area contributed by atoms with Crippen molar-refractivity contribution >= 4 is 34.7 Å². The fourth-order valence-corrected chi connectivity index (χ4v) is 3.84. The van der Waals surface area contributed by atoms with Gasteiger partial charge in [0.25, 0.3) is 0 Å². The predicted molar refractivity (Wildman–Crippen MR) is 127 cm³/mol. The molecule has 9 heteroatoms. The van der Waals surface area contributed by atoms with Crippen LogP contribution in [0, 0.1) is 6.92 Å². The summed E-state index contributed by atoms with van der Waals surface area (Å²) in [5, 5.41) is 6.69. The van der Waals surface area contributed by atoms with Crippen LogP contribution in [0.1, 0.15) is 12.6 Å². The maximum absolute atomic E-state index is 4.81. The topological polar surface area (TPSA) is 86.5 Å². The number of pyridine rings is 2. The lowest BCUT2D eigenvalue weighted by molar-refractivity contribution is 0.233. The Morgan fingerprint density at radius 2 is 1.88 bits per heavy atom. The number of rotatable bonds is 5. The zero-order valence-electron chi connectivity index (χ0n) is 18.5. The van der Waals surface area contributed by atoms with E-state index >= 15 is 0 Å². The Morgan fingerprint density at radius 3 is 2.72 bits per heavy atom. The van der Waals surface area contributed by atoms with Crippen molar-refractivity contribution < 1.29 is 0 Å². The van der Waals surface area contributed by atoms with Gasteiger partial charge in [-0.1, -0.05) is 6.07 Å². The molecule has 1 aliphatic heterocycles. The summed E-state index contributed by atoms with van der Waals surface area (Å²) in [7, 11) is 2.16. The molecule has 0 aliphatic carbocycles. The molecule has 0 saturated carbocycles. The Morgan fingerprint density at radius 1 is 0.969 bits per heavy atom. The van der Waals surface area contributed by atoms with Gasteiger partial charge in [-0.3, -0.25) is 0 Å². The Hall–Kier alpha value is -3.72. The summed E-state index contributed by atoms with van der Waals surface area (Å²) in [5.41, 5.74) is 2.73. The smallest absolute Gasteiger partial charge is 0.232 e. The maximum atomic E-state index is 4.81. The number of anilines is 5. The molecule has 0 spiro atoms. The van der Waals surface area contributed by atoms with Gasteiger partial charge in [0.05, 0.1) is 0 Å². The standard InChI is InChI=1S/C23H27N9/c1-16-5-4-6-19(25-16)27-23-28-20(26-18-7-9-31-10-8-24-21(31)13-18)14-22(29-23)32-12-11-30(3)17(2)15-32/h4-10,13-14,17H,11-12,15H2,1-3H3,(H2,25,26,27,28,29)/t17-/m0/s1. The summed E-state index contributed by atoms with van der Waals surface area (Å²) in [5.74, 6) is 2.84. The van der Waals surface area contributed by atoms with Crippen molar-refractivity contribution in [2.75, 3.05) is 42.2 Å². The third-order valence-corrected chi connectivity index (χ3v) is 5.79. The highest BCUT2D eigenvalue weighted by atomic mass is 15.3. The van der Waals surface area contributed by atoms with Gasteiger partial charge in [-0.05, 0) is 39.1 Å². The summed E-state index contributed by atoms with van der Waals surface area (Å²) >= 11 is 0. The molecule has 9 nitrogen and oxygen atoms in total. The van der Waals surface area contributed by atoms with Gasteiger partial charge in [-0.2, -0.15) is 9.97 Å². The van der Waals surface area contributed by atoms with Gasteiger partial charge in [0, 0.05) is 67.8 Å². The largest absolute Gasteiger partial charge is 0.354 e. The van der Waals surface area contributed by atoms with E-state index in [1.54, 1.807) is 6.20 Å². The Kier molecular flexibility index (Phi) is 5.32. The van der Waals surface area contributed by atoms with Crippen molar-refractivity contribution in [3.05, 3.63) is 60.7 Å². The van der Waals surface area contributed by atoms with Crippen LogP contribution in [0.25, 0.3) is 5.65 Å². The second kappa shape index (κ2) is 8.43. The van der Waals surface area contributed by atoms with Crippen molar-refractivity contribution in [2.45, 2.75) is 19.9 Å². The molecule has 5 rings (SSSR count). The van der Waals surface area contributed by atoms with Crippen LogP contribution >= 0.6 is 0 Å². The molecule has 0 amide bonds. The first-order valence-electron chi connectivity index (χ1n) is 10.8. The van der Waals surface area contributed by atoms with Gasteiger partial charge >= 0.3 is 0 Å². The molecule has 0 bridgehead atoms. The van der Waals surface area contributed by atoms with Crippen LogP contribution in [0.2, 0.25) is 0 Å². The summed E-state index contributed by atoms with van der Waals surface area (Å²) in [4.78, 5) is 23.1. The van der Waals surface area contributed by atoms with Crippen molar-refractivity contribution in [1.82, 2.24) is 29.2 Å². The molecular formula is C23H27N9. The molecule has 1 aliphatic rings.